The van der Waals surface area contributed by atoms with Crippen LogP contribution in [0.5, 0.6) is 0 Å². The van der Waals surface area contributed by atoms with Crippen molar-refractivity contribution in [1.82, 2.24) is 0 Å². The molecular formula is C23H32O3. The molecule has 0 amide bonds. The molecule has 0 aromatic heterocycles. The van der Waals surface area contributed by atoms with E-state index in [1.54, 1.807) is 11.1 Å². The van der Waals surface area contributed by atoms with E-state index in [9.17, 15) is 5.11 Å². The van der Waals surface area contributed by atoms with Crippen molar-refractivity contribution in [2.24, 2.45) is 29.1 Å². The van der Waals surface area contributed by atoms with E-state index >= 15 is 0 Å². The van der Waals surface area contributed by atoms with Gasteiger partial charge >= 0.3 is 0 Å². The second-order valence-electron chi connectivity index (χ2n) is 9.71. The monoisotopic (exact) mass is 356 g/mol. The van der Waals surface area contributed by atoms with Crippen LogP contribution in [0.2, 0.25) is 0 Å². The Kier molecular flexibility index (Phi) is 4.05. The summed E-state index contributed by atoms with van der Waals surface area (Å²) >= 11 is 0. The Morgan fingerprint density at radius 3 is 2.77 bits per heavy atom. The molecule has 1 heterocycles. The summed E-state index contributed by atoms with van der Waals surface area (Å²) in [6.07, 6.45) is 15.3. The van der Waals surface area contributed by atoms with Gasteiger partial charge in [0.05, 0.1) is 19.3 Å². The van der Waals surface area contributed by atoms with E-state index in [1.807, 2.05) is 0 Å². The number of terminal acetylenes is 1. The molecule has 3 heteroatoms. The molecule has 6 atom stereocenters. The molecule has 1 aliphatic heterocycles. The maximum Gasteiger partial charge on any atom is 0.172 e. The summed E-state index contributed by atoms with van der Waals surface area (Å²) in [7, 11) is 0. The van der Waals surface area contributed by atoms with Gasteiger partial charge in [-0.3, -0.25) is 0 Å². The molecule has 0 aromatic carbocycles. The third-order valence-corrected chi connectivity index (χ3v) is 8.69. The average Bonchev–Trinajstić information content (AvgIpc) is 3.20. The molecule has 5 aliphatic rings. The van der Waals surface area contributed by atoms with E-state index in [-0.39, 0.29) is 17.3 Å². The fourth-order valence-corrected chi connectivity index (χ4v) is 7.47. The first-order valence-corrected chi connectivity index (χ1v) is 10.7. The molecule has 3 fully saturated rings. The largest absolute Gasteiger partial charge is 0.393 e. The number of hydrogen-bond donors (Lipinski definition) is 1. The maximum atomic E-state index is 10.7. The van der Waals surface area contributed by atoms with Gasteiger partial charge in [0.1, 0.15) is 0 Å². The summed E-state index contributed by atoms with van der Waals surface area (Å²) in [4.78, 5) is 0. The molecule has 0 bridgehead atoms. The zero-order valence-corrected chi connectivity index (χ0v) is 16.0. The second-order valence-corrected chi connectivity index (χ2v) is 9.71. The maximum absolute atomic E-state index is 10.7. The molecule has 142 valence electrons. The van der Waals surface area contributed by atoms with Crippen LogP contribution in [0, 0.1) is 41.4 Å². The molecule has 26 heavy (non-hydrogen) atoms. The highest BCUT2D eigenvalue weighted by Crippen LogP contribution is 2.63. The summed E-state index contributed by atoms with van der Waals surface area (Å²) in [6.45, 7) is 3.82. The lowest BCUT2D eigenvalue weighted by Gasteiger charge is -2.55. The minimum Gasteiger partial charge on any atom is -0.393 e. The van der Waals surface area contributed by atoms with Crippen LogP contribution in [-0.4, -0.2) is 30.2 Å². The Labute approximate surface area is 157 Å². The van der Waals surface area contributed by atoms with E-state index in [0.29, 0.717) is 23.7 Å². The molecule has 1 spiro atoms. The van der Waals surface area contributed by atoms with Gasteiger partial charge in [-0.15, -0.1) is 12.3 Å². The van der Waals surface area contributed by atoms with Crippen LogP contribution >= 0.6 is 0 Å². The number of fused-ring (bicyclic) bond motifs is 4. The van der Waals surface area contributed by atoms with Crippen LogP contribution in [0.25, 0.3) is 0 Å². The first-order chi connectivity index (χ1) is 12.6. The molecule has 1 saturated heterocycles. The van der Waals surface area contributed by atoms with Crippen molar-refractivity contribution in [2.75, 3.05) is 13.2 Å². The standard InChI is InChI=1S/C23H32O3/c1-3-4-15-13-16-14-23(25-11-12-26-23)10-8-17(16)18-7-9-22(2)19(21(15)18)5-6-20(22)24/h1,15,18-21,24H,4-14H2,2H3/t15-,18-,19+,20?,21-,22+/m1/s1. The van der Waals surface area contributed by atoms with E-state index < -0.39 is 0 Å². The molecule has 2 saturated carbocycles. The Bertz CT molecular complexity index is 653. The third kappa shape index (κ3) is 2.38. The van der Waals surface area contributed by atoms with Gasteiger partial charge in [0, 0.05) is 19.3 Å². The summed E-state index contributed by atoms with van der Waals surface area (Å²) < 4.78 is 12.1. The Morgan fingerprint density at radius 2 is 2.00 bits per heavy atom. The van der Waals surface area contributed by atoms with Crippen molar-refractivity contribution in [3.05, 3.63) is 11.1 Å². The highest BCUT2D eigenvalue weighted by molar-refractivity contribution is 5.30. The summed E-state index contributed by atoms with van der Waals surface area (Å²) in [6, 6.07) is 0. The molecule has 1 unspecified atom stereocenters. The summed E-state index contributed by atoms with van der Waals surface area (Å²) in [5.41, 5.74) is 3.43. The van der Waals surface area contributed by atoms with Crippen LogP contribution in [-0.2, 0) is 9.47 Å². The lowest BCUT2D eigenvalue weighted by Crippen LogP contribution is -2.49. The van der Waals surface area contributed by atoms with Crippen molar-refractivity contribution >= 4 is 0 Å². The quantitative estimate of drug-likeness (QED) is 0.569. The fraction of sp³-hybridized carbons (Fsp3) is 0.826. The molecule has 3 nitrogen and oxygen atoms in total. The van der Waals surface area contributed by atoms with Crippen LogP contribution < -0.4 is 0 Å². The number of rotatable bonds is 1. The average molecular weight is 357 g/mol. The van der Waals surface area contributed by atoms with Crippen LogP contribution in [0.4, 0.5) is 0 Å². The number of aliphatic hydroxyl groups is 1. The summed E-state index contributed by atoms with van der Waals surface area (Å²) in [5, 5.41) is 10.7. The zero-order valence-electron chi connectivity index (χ0n) is 16.0. The summed E-state index contributed by atoms with van der Waals surface area (Å²) in [5.74, 6) is 5.20. The van der Waals surface area contributed by atoms with Gasteiger partial charge in [-0.2, -0.15) is 0 Å². The number of ether oxygens (including phenoxy) is 2. The third-order valence-electron chi connectivity index (χ3n) is 8.69. The van der Waals surface area contributed by atoms with Gasteiger partial charge in [0.25, 0.3) is 0 Å². The molecule has 0 aromatic rings. The Morgan fingerprint density at radius 1 is 1.19 bits per heavy atom. The topological polar surface area (TPSA) is 38.7 Å². The molecule has 1 N–H and O–H groups in total. The van der Waals surface area contributed by atoms with Crippen LogP contribution in [0.15, 0.2) is 11.1 Å². The lowest BCUT2D eigenvalue weighted by molar-refractivity contribution is -0.167. The van der Waals surface area contributed by atoms with Gasteiger partial charge in [-0.1, -0.05) is 18.1 Å². The van der Waals surface area contributed by atoms with Gasteiger partial charge in [0.15, 0.2) is 5.79 Å². The number of allylic oxidation sites excluding steroid dienone is 1. The van der Waals surface area contributed by atoms with Crippen molar-refractivity contribution in [1.29, 1.82) is 0 Å². The highest BCUT2D eigenvalue weighted by atomic mass is 16.7. The van der Waals surface area contributed by atoms with Gasteiger partial charge < -0.3 is 14.6 Å². The van der Waals surface area contributed by atoms with Crippen molar-refractivity contribution in [3.63, 3.8) is 0 Å². The molecular weight excluding hydrogens is 324 g/mol. The van der Waals surface area contributed by atoms with E-state index in [2.05, 4.69) is 12.8 Å². The molecule has 0 radical (unpaired) electrons. The normalized spacial score (nSPS) is 46.6. The smallest absolute Gasteiger partial charge is 0.172 e. The predicted molar refractivity (Wildman–Crippen MR) is 100 cm³/mol. The highest BCUT2D eigenvalue weighted by Gasteiger charge is 2.57. The Hall–Kier alpha value is -0.820. The lowest BCUT2D eigenvalue weighted by atomic mass is 9.51. The SMILES string of the molecule is C#CC[C@@H]1CC2=C(CCC3(C2)OCCO3)[C@H]2CC[C@]3(C)C(O)CC[C@H]3[C@H]12. The minimum atomic E-state index is -0.334. The van der Waals surface area contributed by atoms with E-state index in [0.717, 1.165) is 58.2 Å². The minimum absolute atomic E-state index is 0.111. The first kappa shape index (κ1) is 17.3. The van der Waals surface area contributed by atoms with Gasteiger partial charge in [-0.05, 0) is 67.6 Å². The van der Waals surface area contributed by atoms with Crippen molar-refractivity contribution in [2.45, 2.75) is 76.6 Å². The first-order valence-electron chi connectivity index (χ1n) is 10.7. The predicted octanol–water partition coefficient (Wildman–Crippen LogP) is 4.06. The molecule has 4 aliphatic carbocycles. The number of aliphatic hydroxyl groups excluding tert-OH is 1. The van der Waals surface area contributed by atoms with Crippen molar-refractivity contribution in [3.8, 4) is 12.3 Å². The van der Waals surface area contributed by atoms with Gasteiger partial charge in [0.2, 0.25) is 0 Å². The van der Waals surface area contributed by atoms with Gasteiger partial charge in [-0.25, -0.2) is 0 Å². The Balaban J connectivity index is 1.49. The number of hydrogen-bond acceptors (Lipinski definition) is 3. The second kappa shape index (κ2) is 6.09. The van der Waals surface area contributed by atoms with E-state index in [4.69, 9.17) is 15.9 Å². The zero-order chi connectivity index (χ0) is 17.9. The fourth-order valence-electron chi connectivity index (χ4n) is 7.47. The van der Waals surface area contributed by atoms with Crippen LogP contribution in [0.3, 0.4) is 0 Å². The molecule has 5 rings (SSSR count). The van der Waals surface area contributed by atoms with E-state index in [1.165, 1.54) is 12.8 Å². The van der Waals surface area contributed by atoms with Crippen LogP contribution in [0.1, 0.15) is 64.7 Å². The van der Waals surface area contributed by atoms with Crippen molar-refractivity contribution < 1.29 is 14.6 Å².